The van der Waals surface area contributed by atoms with Crippen LogP contribution in [-0.4, -0.2) is 78.4 Å². The summed E-state index contributed by atoms with van der Waals surface area (Å²) in [5.74, 6) is 3.84. The molecule has 12 heteroatoms. The number of aryl methyl sites for hydroxylation is 1. The maximum absolute atomic E-state index is 13.7. The molecule has 55 heavy (non-hydrogen) atoms. The number of fused-ring (bicyclic) bond motifs is 1. The van der Waals surface area contributed by atoms with Gasteiger partial charge in [0.15, 0.2) is 5.75 Å². The zero-order chi connectivity index (χ0) is 38.2. The first-order chi connectivity index (χ1) is 26.7. The zero-order valence-electron chi connectivity index (χ0n) is 32.0. The molecular weight excluding hydrogens is 729 g/mol. The second-order valence-electron chi connectivity index (χ2n) is 15.2. The van der Waals surface area contributed by atoms with Crippen molar-refractivity contribution in [1.82, 2.24) is 19.4 Å². The van der Waals surface area contributed by atoms with E-state index in [0.29, 0.717) is 37.1 Å². The first-order valence-corrected chi connectivity index (χ1v) is 20.7. The number of nitrogens with zero attached hydrogens (tertiary/aromatic N) is 4. The van der Waals surface area contributed by atoms with Gasteiger partial charge in [0.1, 0.15) is 47.6 Å². The van der Waals surface area contributed by atoms with Gasteiger partial charge in [-0.25, -0.2) is 4.98 Å². The van der Waals surface area contributed by atoms with Gasteiger partial charge in [-0.2, -0.15) is 13.2 Å². The predicted octanol–water partition coefficient (Wildman–Crippen LogP) is 10.9. The Morgan fingerprint density at radius 2 is 1.36 bits per heavy atom. The van der Waals surface area contributed by atoms with E-state index in [9.17, 15) is 13.2 Å². The number of likely N-dealkylation sites (tertiary alicyclic amines) is 2. The van der Waals surface area contributed by atoms with E-state index in [0.717, 1.165) is 105 Å². The minimum Gasteiger partial charge on any atom is -0.493 e. The molecule has 2 saturated heterocycles. The number of rotatable bonds is 18. The molecule has 1 saturated carbocycles. The van der Waals surface area contributed by atoms with Crippen LogP contribution in [0.15, 0.2) is 48.5 Å². The number of ether oxygens (including phenoxy) is 4. The second kappa shape index (κ2) is 18.5. The molecule has 7 rings (SSSR count). The predicted molar refractivity (Wildman–Crippen MR) is 211 cm³/mol. The normalized spacial score (nSPS) is 17.1. The van der Waals surface area contributed by atoms with Crippen LogP contribution in [0, 0.1) is 5.92 Å². The van der Waals surface area contributed by atoms with Crippen molar-refractivity contribution in [3.05, 3.63) is 59.1 Å². The lowest BCUT2D eigenvalue weighted by molar-refractivity contribution is -0.137. The summed E-state index contributed by atoms with van der Waals surface area (Å²) in [5, 5.41) is -0.381. The molecule has 3 aromatic carbocycles. The molecule has 8 nitrogen and oxygen atoms in total. The SMILES string of the molecule is CCCCn1c(-c2ccc(Oc3ccc(Cl)c(C(F)(F)F)c3)cc2OCCN2CCCC2)nc2c(OCCN3CCCC3)cc(OCCC3CCCC3)cc21. The van der Waals surface area contributed by atoms with Crippen molar-refractivity contribution in [2.45, 2.75) is 90.3 Å². The fourth-order valence-corrected chi connectivity index (χ4v) is 8.35. The fraction of sp³-hybridized carbons (Fsp3) is 0.558. The number of imidazole rings is 1. The third-order valence-electron chi connectivity index (χ3n) is 11.2. The molecule has 3 fully saturated rings. The average Bonchev–Trinajstić information content (AvgIpc) is 4.01. The minimum atomic E-state index is -4.61. The van der Waals surface area contributed by atoms with Crippen molar-refractivity contribution < 1.29 is 32.1 Å². The van der Waals surface area contributed by atoms with E-state index in [4.69, 9.17) is 35.5 Å². The third-order valence-corrected chi connectivity index (χ3v) is 11.5. The summed E-state index contributed by atoms with van der Waals surface area (Å²) in [6, 6.07) is 13.0. The van der Waals surface area contributed by atoms with Crippen LogP contribution in [0.2, 0.25) is 5.02 Å². The number of unbranched alkanes of at least 4 members (excludes halogenated alkanes) is 1. The molecule has 1 aliphatic carbocycles. The average molecular weight is 783 g/mol. The quantitative estimate of drug-likeness (QED) is 0.0996. The van der Waals surface area contributed by atoms with Crippen LogP contribution in [-0.2, 0) is 12.7 Å². The van der Waals surface area contributed by atoms with Crippen molar-refractivity contribution in [2.75, 3.05) is 59.1 Å². The second-order valence-corrected chi connectivity index (χ2v) is 15.6. The van der Waals surface area contributed by atoms with Crippen molar-refractivity contribution in [3.63, 3.8) is 0 Å². The van der Waals surface area contributed by atoms with Crippen molar-refractivity contribution >= 4 is 22.6 Å². The topological polar surface area (TPSA) is 61.2 Å². The molecule has 0 bridgehead atoms. The van der Waals surface area contributed by atoms with Crippen LogP contribution >= 0.6 is 11.6 Å². The molecule has 2 aliphatic heterocycles. The Hall–Kier alpha value is -3.67. The summed E-state index contributed by atoms with van der Waals surface area (Å²) >= 11 is 5.90. The van der Waals surface area contributed by atoms with E-state index in [1.165, 1.54) is 63.5 Å². The summed E-state index contributed by atoms with van der Waals surface area (Å²) in [7, 11) is 0. The number of aromatic nitrogens is 2. The largest absolute Gasteiger partial charge is 0.493 e. The van der Waals surface area contributed by atoms with Crippen molar-refractivity contribution in [2.24, 2.45) is 5.92 Å². The van der Waals surface area contributed by atoms with Crippen molar-refractivity contribution in [1.29, 1.82) is 0 Å². The molecule has 0 amide bonds. The molecule has 298 valence electrons. The number of halogens is 4. The Bertz CT molecular complexity index is 1870. The van der Waals surface area contributed by atoms with Crippen LogP contribution in [0.1, 0.15) is 83.1 Å². The van der Waals surface area contributed by atoms with Gasteiger partial charge >= 0.3 is 6.18 Å². The van der Waals surface area contributed by atoms with Gasteiger partial charge in [0.25, 0.3) is 0 Å². The smallest absolute Gasteiger partial charge is 0.417 e. The molecule has 0 spiro atoms. The summed E-state index contributed by atoms with van der Waals surface area (Å²) in [5.41, 5.74) is 1.51. The highest BCUT2D eigenvalue weighted by Crippen LogP contribution is 2.42. The van der Waals surface area contributed by atoms with Gasteiger partial charge in [0.05, 0.1) is 28.3 Å². The number of alkyl halides is 3. The molecule has 3 heterocycles. The molecule has 4 aromatic rings. The van der Waals surface area contributed by atoms with Crippen molar-refractivity contribution in [3.8, 4) is 40.1 Å². The van der Waals surface area contributed by atoms with Crippen LogP contribution in [0.3, 0.4) is 0 Å². The van der Waals surface area contributed by atoms with Crippen LogP contribution in [0.4, 0.5) is 13.2 Å². The van der Waals surface area contributed by atoms with E-state index >= 15 is 0 Å². The highest BCUT2D eigenvalue weighted by atomic mass is 35.5. The maximum atomic E-state index is 13.7. The Kier molecular flexibility index (Phi) is 13.3. The Labute approximate surface area is 327 Å². The van der Waals surface area contributed by atoms with Gasteiger partial charge in [-0.3, -0.25) is 9.80 Å². The molecule has 0 N–H and O–H groups in total. The van der Waals surface area contributed by atoms with Gasteiger partial charge in [-0.05, 0) is 101 Å². The highest BCUT2D eigenvalue weighted by molar-refractivity contribution is 6.31. The van der Waals surface area contributed by atoms with Gasteiger partial charge < -0.3 is 23.5 Å². The molecule has 1 aromatic heterocycles. The summed E-state index contributed by atoms with van der Waals surface area (Å²) in [6.45, 7) is 10.4. The fourth-order valence-electron chi connectivity index (χ4n) is 8.12. The monoisotopic (exact) mass is 782 g/mol. The van der Waals surface area contributed by atoms with E-state index in [1.54, 1.807) is 12.1 Å². The van der Waals surface area contributed by atoms with Gasteiger partial charge in [-0.1, -0.05) is 50.6 Å². The lowest BCUT2D eigenvalue weighted by Gasteiger charge is -2.18. The first-order valence-electron chi connectivity index (χ1n) is 20.3. The van der Waals surface area contributed by atoms with Gasteiger partial charge in [0.2, 0.25) is 0 Å². The van der Waals surface area contributed by atoms with E-state index < -0.39 is 11.7 Å². The number of hydrogen-bond acceptors (Lipinski definition) is 7. The molecular formula is C43H54ClF3N4O4. The van der Waals surface area contributed by atoms with Crippen LogP contribution < -0.4 is 18.9 Å². The molecule has 0 radical (unpaired) electrons. The third kappa shape index (κ3) is 10.2. The van der Waals surface area contributed by atoms with Crippen LogP contribution in [0.25, 0.3) is 22.4 Å². The molecule has 3 aliphatic rings. The summed E-state index contributed by atoms with van der Waals surface area (Å²) in [4.78, 5) is 10.1. The van der Waals surface area contributed by atoms with Gasteiger partial charge in [-0.15, -0.1) is 0 Å². The minimum absolute atomic E-state index is 0.0267. The Morgan fingerprint density at radius 3 is 2.04 bits per heavy atom. The van der Waals surface area contributed by atoms with E-state index in [2.05, 4.69) is 27.4 Å². The number of benzene rings is 3. The lowest BCUT2D eigenvalue weighted by atomic mass is 10.1. The van der Waals surface area contributed by atoms with E-state index in [-0.39, 0.29) is 10.8 Å². The Balaban J connectivity index is 1.24. The lowest BCUT2D eigenvalue weighted by Crippen LogP contribution is -2.25. The van der Waals surface area contributed by atoms with Crippen LogP contribution in [0.5, 0.6) is 28.7 Å². The summed E-state index contributed by atoms with van der Waals surface area (Å²) in [6.07, 6.45) is 8.32. The first kappa shape index (κ1) is 39.6. The standard InChI is InChI=1S/C43H54ClF3N4O4/c1-2-3-21-51-38-28-34(52-24-16-31-10-4-5-11-31)30-40(54-26-23-50-19-8-9-20-50)41(38)48-42(51)35-14-12-33(29-39(35)53-25-22-49-17-6-7-18-49)55-32-13-15-37(44)36(27-32)43(45,46)47/h12-15,27-31H,2-11,16-26H2,1H3. The highest BCUT2D eigenvalue weighted by Gasteiger charge is 2.34. The van der Waals surface area contributed by atoms with Gasteiger partial charge in [0, 0.05) is 37.8 Å². The zero-order valence-corrected chi connectivity index (χ0v) is 32.7. The van der Waals surface area contributed by atoms with E-state index in [1.807, 2.05) is 12.1 Å². The molecule has 0 unspecified atom stereocenters. The number of hydrogen-bond donors (Lipinski definition) is 0. The maximum Gasteiger partial charge on any atom is 0.417 e. The Morgan fingerprint density at radius 1 is 0.727 bits per heavy atom. The summed E-state index contributed by atoms with van der Waals surface area (Å²) < 4.78 is 68.8. The molecule has 0 atom stereocenters.